The van der Waals surface area contributed by atoms with Gasteiger partial charge in [0, 0.05) is 42.8 Å². The van der Waals surface area contributed by atoms with E-state index in [9.17, 15) is 0 Å². The van der Waals surface area contributed by atoms with Crippen LogP contribution in [-0.4, -0.2) is 48.1 Å². The van der Waals surface area contributed by atoms with Gasteiger partial charge in [0.25, 0.3) is 0 Å². The van der Waals surface area contributed by atoms with Crippen LogP contribution in [0.4, 0.5) is 5.69 Å². The van der Waals surface area contributed by atoms with Crippen molar-refractivity contribution in [1.82, 2.24) is 9.80 Å². The third-order valence-electron chi connectivity index (χ3n) is 5.95. The first kappa shape index (κ1) is 13.6. The minimum atomic E-state index is 0.419. The van der Waals surface area contributed by atoms with Gasteiger partial charge in [-0.2, -0.15) is 0 Å². The molecule has 3 aliphatic rings. The normalized spacial score (nSPS) is 32.0. The molecule has 0 aromatic heterocycles. The van der Waals surface area contributed by atoms with Crippen molar-refractivity contribution < 1.29 is 0 Å². The molecule has 1 saturated carbocycles. The van der Waals surface area contributed by atoms with Crippen LogP contribution in [0.3, 0.4) is 0 Å². The highest BCUT2D eigenvalue weighted by Gasteiger charge is 2.47. The smallest absolute Gasteiger partial charge is 0.0314 e. The van der Waals surface area contributed by atoms with E-state index < -0.39 is 0 Å². The Morgan fingerprint density at radius 3 is 2.67 bits per heavy atom. The van der Waals surface area contributed by atoms with Crippen LogP contribution in [-0.2, 0) is 5.41 Å². The van der Waals surface area contributed by atoms with Gasteiger partial charge in [-0.3, -0.25) is 9.80 Å². The quantitative estimate of drug-likeness (QED) is 0.866. The molecule has 0 bridgehead atoms. The van der Waals surface area contributed by atoms with Gasteiger partial charge in [-0.05, 0) is 56.8 Å². The van der Waals surface area contributed by atoms with Gasteiger partial charge in [0.2, 0.25) is 0 Å². The number of nitrogens with two attached hydrogens (primary N) is 1. The minimum Gasteiger partial charge on any atom is -0.399 e. The van der Waals surface area contributed by atoms with E-state index in [2.05, 4.69) is 41.0 Å². The summed E-state index contributed by atoms with van der Waals surface area (Å²) in [5.74, 6) is 0. The van der Waals surface area contributed by atoms with Crippen molar-refractivity contribution >= 4 is 5.69 Å². The maximum absolute atomic E-state index is 5.84. The largest absolute Gasteiger partial charge is 0.399 e. The van der Waals surface area contributed by atoms with Crippen LogP contribution in [0.15, 0.2) is 24.3 Å². The second kappa shape index (κ2) is 4.99. The third kappa shape index (κ3) is 2.47. The minimum absolute atomic E-state index is 0.419. The van der Waals surface area contributed by atoms with Crippen molar-refractivity contribution in [2.24, 2.45) is 0 Å². The molecule has 2 heterocycles. The summed E-state index contributed by atoms with van der Waals surface area (Å²) in [7, 11) is 0. The van der Waals surface area contributed by atoms with Crippen LogP contribution < -0.4 is 5.73 Å². The predicted octanol–water partition coefficient (Wildman–Crippen LogP) is 2.47. The number of benzene rings is 1. The molecule has 3 heteroatoms. The van der Waals surface area contributed by atoms with Crippen molar-refractivity contribution in [2.75, 3.05) is 31.9 Å². The lowest BCUT2D eigenvalue weighted by molar-refractivity contribution is 0.0527. The zero-order chi connectivity index (χ0) is 14.4. The lowest BCUT2D eigenvalue weighted by Crippen LogP contribution is -2.56. The van der Waals surface area contributed by atoms with Crippen LogP contribution in [0, 0.1) is 0 Å². The van der Waals surface area contributed by atoms with Crippen LogP contribution in [0.5, 0.6) is 0 Å². The fourth-order valence-corrected chi connectivity index (χ4v) is 4.38. The Hall–Kier alpha value is -1.06. The molecule has 1 aromatic carbocycles. The van der Waals surface area contributed by atoms with E-state index in [0.717, 1.165) is 11.7 Å². The van der Waals surface area contributed by atoms with E-state index in [-0.39, 0.29) is 0 Å². The van der Waals surface area contributed by atoms with E-state index in [1.54, 1.807) is 0 Å². The summed E-state index contributed by atoms with van der Waals surface area (Å²) in [6, 6.07) is 10.1. The number of fused-ring (bicyclic) bond motifs is 1. The fraction of sp³-hybridized carbons (Fsp3) is 0.667. The summed E-state index contributed by atoms with van der Waals surface area (Å²) in [5, 5.41) is 0. The fourth-order valence-electron chi connectivity index (χ4n) is 4.38. The summed E-state index contributed by atoms with van der Waals surface area (Å²) in [5.41, 5.74) is 8.63. The standard InChI is InChI=1S/C18H27N3/c1-14-11-20-10-2-3-17(20)12-21(14)13-18(8-9-18)15-4-6-16(19)7-5-15/h4-7,14,17H,2-3,8-13,19H2,1H3. The van der Waals surface area contributed by atoms with Crippen molar-refractivity contribution in [3.63, 3.8) is 0 Å². The Balaban J connectivity index is 1.48. The Bertz CT molecular complexity index is 506. The molecule has 0 radical (unpaired) electrons. The van der Waals surface area contributed by atoms with Crippen molar-refractivity contribution in [3.05, 3.63) is 29.8 Å². The van der Waals surface area contributed by atoms with Crippen molar-refractivity contribution in [2.45, 2.75) is 50.1 Å². The molecule has 2 atom stereocenters. The summed E-state index contributed by atoms with van der Waals surface area (Å²) in [4.78, 5) is 5.47. The molecule has 2 N–H and O–H groups in total. The third-order valence-corrected chi connectivity index (χ3v) is 5.95. The number of hydrogen-bond acceptors (Lipinski definition) is 3. The van der Waals surface area contributed by atoms with Gasteiger partial charge in [0.05, 0.1) is 0 Å². The van der Waals surface area contributed by atoms with E-state index in [1.807, 2.05) is 0 Å². The van der Waals surface area contributed by atoms with Crippen LogP contribution in [0.2, 0.25) is 0 Å². The lowest BCUT2D eigenvalue weighted by Gasteiger charge is -2.43. The van der Waals surface area contributed by atoms with Gasteiger partial charge < -0.3 is 5.73 Å². The van der Waals surface area contributed by atoms with Gasteiger partial charge in [0.15, 0.2) is 0 Å². The second-order valence-corrected chi connectivity index (χ2v) is 7.47. The first-order chi connectivity index (χ1) is 10.2. The predicted molar refractivity (Wildman–Crippen MR) is 87.4 cm³/mol. The van der Waals surface area contributed by atoms with Gasteiger partial charge in [-0.25, -0.2) is 0 Å². The summed E-state index contributed by atoms with van der Waals surface area (Å²) in [6.07, 6.45) is 5.48. The molecule has 4 rings (SSSR count). The molecule has 21 heavy (non-hydrogen) atoms. The molecular weight excluding hydrogens is 258 g/mol. The zero-order valence-electron chi connectivity index (χ0n) is 13.1. The molecule has 2 saturated heterocycles. The molecule has 114 valence electrons. The number of anilines is 1. The van der Waals surface area contributed by atoms with Gasteiger partial charge >= 0.3 is 0 Å². The Kier molecular flexibility index (Phi) is 3.23. The second-order valence-electron chi connectivity index (χ2n) is 7.47. The highest BCUT2D eigenvalue weighted by Crippen LogP contribution is 2.49. The number of piperazine rings is 1. The average molecular weight is 285 g/mol. The molecule has 3 fully saturated rings. The number of rotatable bonds is 3. The average Bonchev–Trinajstić information content (AvgIpc) is 3.11. The summed E-state index contributed by atoms with van der Waals surface area (Å²) < 4.78 is 0. The number of nitrogens with zero attached hydrogens (tertiary/aromatic N) is 2. The number of nitrogen functional groups attached to an aromatic ring is 1. The zero-order valence-corrected chi connectivity index (χ0v) is 13.1. The van der Waals surface area contributed by atoms with E-state index in [4.69, 9.17) is 5.73 Å². The van der Waals surface area contributed by atoms with Crippen molar-refractivity contribution in [1.29, 1.82) is 0 Å². The molecule has 0 amide bonds. The molecule has 1 aliphatic carbocycles. The Labute approximate surface area is 128 Å². The first-order valence-electron chi connectivity index (χ1n) is 8.50. The van der Waals surface area contributed by atoms with E-state index in [0.29, 0.717) is 11.5 Å². The van der Waals surface area contributed by atoms with Crippen molar-refractivity contribution in [3.8, 4) is 0 Å². The summed E-state index contributed by atoms with van der Waals surface area (Å²) >= 11 is 0. The topological polar surface area (TPSA) is 32.5 Å². The van der Waals surface area contributed by atoms with Gasteiger partial charge in [-0.1, -0.05) is 12.1 Å². The van der Waals surface area contributed by atoms with Crippen LogP contribution in [0.1, 0.15) is 38.2 Å². The van der Waals surface area contributed by atoms with Crippen LogP contribution >= 0.6 is 0 Å². The Morgan fingerprint density at radius 2 is 1.95 bits per heavy atom. The van der Waals surface area contributed by atoms with Gasteiger partial charge in [0.1, 0.15) is 0 Å². The lowest BCUT2D eigenvalue weighted by atomic mass is 9.93. The monoisotopic (exact) mass is 285 g/mol. The summed E-state index contributed by atoms with van der Waals surface area (Å²) in [6.45, 7) is 7.52. The molecule has 1 aromatic rings. The highest BCUT2D eigenvalue weighted by atomic mass is 15.3. The van der Waals surface area contributed by atoms with E-state index >= 15 is 0 Å². The SMILES string of the molecule is CC1CN2CCCC2CN1CC1(c2ccc(N)cc2)CC1. The highest BCUT2D eigenvalue weighted by molar-refractivity contribution is 5.43. The molecule has 0 spiro atoms. The molecular formula is C18H27N3. The first-order valence-corrected chi connectivity index (χ1v) is 8.50. The Morgan fingerprint density at radius 1 is 1.19 bits per heavy atom. The molecule has 2 unspecified atom stereocenters. The van der Waals surface area contributed by atoms with Crippen LogP contribution in [0.25, 0.3) is 0 Å². The maximum atomic E-state index is 5.84. The maximum Gasteiger partial charge on any atom is 0.0314 e. The molecule has 2 aliphatic heterocycles. The number of hydrogen-bond donors (Lipinski definition) is 1. The van der Waals surface area contributed by atoms with Gasteiger partial charge in [-0.15, -0.1) is 0 Å². The molecule has 3 nitrogen and oxygen atoms in total. The van der Waals surface area contributed by atoms with E-state index in [1.165, 1.54) is 57.4 Å².